The number of hydrogen-bond donors (Lipinski definition) is 0. The summed E-state index contributed by atoms with van der Waals surface area (Å²) in [6.07, 6.45) is 3.11. The van der Waals surface area contributed by atoms with Gasteiger partial charge in [-0.15, -0.1) is 13.2 Å². The lowest BCUT2D eigenvalue weighted by atomic mass is 10.1. The zero-order valence-electron chi connectivity index (χ0n) is 16.8. The van der Waals surface area contributed by atoms with E-state index in [-0.39, 0.29) is 24.5 Å². The van der Waals surface area contributed by atoms with Crippen LogP contribution in [0.3, 0.4) is 0 Å². The van der Waals surface area contributed by atoms with Crippen LogP contribution in [0, 0.1) is 0 Å². The van der Waals surface area contributed by atoms with Gasteiger partial charge in [0.2, 0.25) is 10.0 Å². The van der Waals surface area contributed by atoms with Gasteiger partial charge >= 0.3 is 5.97 Å². The predicted octanol–water partition coefficient (Wildman–Crippen LogP) is 4.55. The van der Waals surface area contributed by atoms with Gasteiger partial charge in [0.25, 0.3) is 0 Å². The van der Waals surface area contributed by atoms with E-state index < -0.39 is 22.0 Å². The van der Waals surface area contributed by atoms with Gasteiger partial charge < -0.3 is 4.74 Å². The van der Waals surface area contributed by atoms with E-state index >= 15 is 0 Å². The molecule has 0 aromatic heterocycles. The number of ether oxygens (including phenoxy) is 1. The van der Waals surface area contributed by atoms with Crippen molar-refractivity contribution in [2.45, 2.75) is 38.1 Å². The van der Waals surface area contributed by atoms with Crippen molar-refractivity contribution >= 4 is 26.8 Å². The lowest BCUT2D eigenvalue weighted by Crippen LogP contribution is -2.45. The molecule has 0 spiro atoms. The number of rotatable bonds is 9. The van der Waals surface area contributed by atoms with E-state index in [1.165, 1.54) is 12.2 Å². The normalized spacial score (nSPS) is 12.0. The van der Waals surface area contributed by atoms with E-state index in [2.05, 4.69) is 13.2 Å². The van der Waals surface area contributed by atoms with Gasteiger partial charge in [-0.1, -0.05) is 56.3 Å². The van der Waals surface area contributed by atoms with Crippen molar-refractivity contribution in [3.63, 3.8) is 0 Å². The number of esters is 1. The first-order valence-electron chi connectivity index (χ1n) is 9.34. The molecule has 0 aliphatic rings. The third-order valence-electron chi connectivity index (χ3n) is 3.93. The molecule has 2 aromatic carbocycles. The van der Waals surface area contributed by atoms with E-state index in [9.17, 15) is 13.2 Å². The van der Waals surface area contributed by atoms with Crippen LogP contribution in [0.15, 0.2) is 72.7 Å². The minimum Gasteiger partial charge on any atom is -0.465 e. The van der Waals surface area contributed by atoms with E-state index in [0.717, 1.165) is 15.1 Å². The first-order valence-corrected chi connectivity index (χ1v) is 10.8. The lowest BCUT2D eigenvalue weighted by Gasteiger charge is -2.28. The molecule has 0 aliphatic carbocycles. The first-order chi connectivity index (χ1) is 13.5. The zero-order valence-corrected chi connectivity index (χ0v) is 17.6. The smallest absolute Gasteiger partial charge is 0.324 e. The Balaban J connectivity index is 0.00000190. The highest BCUT2D eigenvalue weighted by Crippen LogP contribution is 2.24. The van der Waals surface area contributed by atoms with Crippen molar-refractivity contribution in [2.75, 3.05) is 13.2 Å². The highest BCUT2D eigenvalue weighted by atomic mass is 32.2. The Labute approximate surface area is 168 Å². The summed E-state index contributed by atoms with van der Waals surface area (Å²) in [5.74, 6) is -0.599. The summed E-state index contributed by atoms with van der Waals surface area (Å²) in [5, 5.41) is 1.75. The summed E-state index contributed by atoms with van der Waals surface area (Å²) in [5.41, 5.74) is 0. The van der Waals surface area contributed by atoms with Crippen LogP contribution in [0.25, 0.3) is 10.8 Å². The van der Waals surface area contributed by atoms with Crippen LogP contribution in [0.1, 0.15) is 27.2 Å². The summed E-state index contributed by atoms with van der Waals surface area (Å²) in [6, 6.07) is 11.4. The second kappa shape index (κ2) is 11.4. The molecular weight excluding hydrogens is 374 g/mol. The summed E-state index contributed by atoms with van der Waals surface area (Å²) >= 11 is 0. The van der Waals surface area contributed by atoms with Crippen molar-refractivity contribution in [1.29, 1.82) is 0 Å². The molecule has 0 bridgehead atoms. The van der Waals surface area contributed by atoms with Crippen LogP contribution in [0.2, 0.25) is 0 Å². The standard InChI is InChI=1S/C20H23NO4S.C2H6/c1-4-9-19(20(22)25-6-3)21(14-5-2)26(23,24)18-13-12-16-10-7-8-11-17(16)15-18;1-2/h4-5,7-8,10-13,15,19H,1-2,6,9,14H2,3H3;1-2H3/t19-;/m1./s1. The minimum atomic E-state index is -3.93. The number of nitrogens with zero attached hydrogens (tertiary/aromatic N) is 1. The molecule has 0 aliphatic heterocycles. The molecule has 2 rings (SSSR count). The maximum atomic E-state index is 13.2. The highest BCUT2D eigenvalue weighted by molar-refractivity contribution is 7.89. The molecule has 1 atom stereocenters. The van der Waals surface area contributed by atoms with Crippen molar-refractivity contribution in [3.05, 3.63) is 67.8 Å². The van der Waals surface area contributed by atoms with E-state index in [0.29, 0.717) is 0 Å². The van der Waals surface area contributed by atoms with Gasteiger partial charge in [0.1, 0.15) is 6.04 Å². The average Bonchev–Trinajstić information content (AvgIpc) is 2.71. The molecule has 0 heterocycles. The molecule has 28 heavy (non-hydrogen) atoms. The lowest BCUT2D eigenvalue weighted by molar-refractivity contribution is -0.147. The molecule has 0 fully saturated rings. The number of fused-ring (bicyclic) bond motifs is 1. The second-order valence-electron chi connectivity index (χ2n) is 5.66. The second-order valence-corrected chi connectivity index (χ2v) is 7.56. The van der Waals surface area contributed by atoms with Crippen molar-refractivity contribution < 1.29 is 17.9 Å². The molecule has 5 nitrogen and oxygen atoms in total. The average molecular weight is 404 g/mol. The zero-order chi connectivity index (χ0) is 21.2. The Morgan fingerprint density at radius 1 is 1.11 bits per heavy atom. The molecule has 0 saturated carbocycles. The largest absolute Gasteiger partial charge is 0.465 e. The Morgan fingerprint density at radius 3 is 2.32 bits per heavy atom. The van der Waals surface area contributed by atoms with Gasteiger partial charge in [0, 0.05) is 6.54 Å². The molecule has 0 amide bonds. The minimum absolute atomic E-state index is 0.00746. The van der Waals surface area contributed by atoms with Gasteiger partial charge in [-0.2, -0.15) is 4.31 Å². The van der Waals surface area contributed by atoms with Gasteiger partial charge in [-0.25, -0.2) is 8.42 Å². The van der Waals surface area contributed by atoms with Gasteiger partial charge in [-0.3, -0.25) is 4.79 Å². The Bertz CT molecular complexity index is 906. The molecule has 0 radical (unpaired) electrons. The number of carbonyl (C=O) groups excluding carboxylic acids is 1. The number of carbonyl (C=O) groups is 1. The fourth-order valence-electron chi connectivity index (χ4n) is 2.71. The first kappa shape index (κ1) is 23.6. The summed E-state index contributed by atoms with van der Waals surface area (Å²) in [4.78, 5) is 12.5. The molecular formula is C22H29NO4S. The quantitative estimate of drug-likeness (QED) is 0.455. The Kier molecular flexibility index (Phi) is 9.62. The maximum absolute atomic E-state index is 13.2. The fraction of sp³-hybridized carbons (Fsp3) is 0.318. The van der Waals surface area contributed by atoms with E-state index in [1.807, 2.05) is 38.1 Å². The SMILES string of the molecule is C=CC[C@H](C(=O)OCC)N(CC=C)S(=O)(=O)c1ccc2ccccc2c1.CC. The van der Waals surface area contributed by atoms with Crippen LogP contribution >= 0.6 is 0 Å². The van der Waals surface area contributed by atoms with Crippen molar-refractivity contribution in [3.8, 4) is 0 Å². The fourth-order valence-corrected chi connectivity index (χ4v) is 4.31. The summed E-state index contributed by atoms with van der Waals surface area (Å²) in [6.45, 7) is 13.1. The van der Waals surface area contributed by atoms with Gasteiger partial charge in [0.15, 0.2) is 0 Å². The summed E-state index contributed by atoms with van der Waals surface area (Å²) in [7, 11) is -3.93. The van der Waals surface area contributed by atoms with Gasteiger partial charge in [-0.05, 0) is 36.2 Å². The molecule has 6 heteroatoms. The number of benzene rings is 2. The van der Waals surface area contributed by atoms with Crippen LogP contribution in [0.5, 0.6) is 0 Å². The molecule has 0 unspecified atom stereocenters. The molecule has 0 N–H and O–H groups in total. The Morgan fingerprint density at radius 2 is 1.75 bits per heavy atom. The van der Waals surface area contributed by atoms with Crippen molar-refractivity contribution in [2.24, 2.45) is 0 Å². The highest BCUT2D eigenvalue weighted by Gasteiger charge is 2.35. The summed E-state index contributed by atoms with van der Waals surface area (Å²) < 4.78 is 32.6. The molecule has 0 saturated heterocycles. The third-order valence-corrected chi connectivity index (χ3v) is 5.80. The third kappa shape index (κ3) is 5.53. The Hall–Kier alpha value is -2.44. The van der Waals surface area contributed by atoms with Crippen molar-refractivity contribution in [1.82, 2.24) is 4.31 Å². The van der Waals surface area contributed by atoms with Crippen LogP contribution in [-0.2, 0) is 19.6 Å². The van der Waals surface area contributed by atoms with Gasteiger partial charge in [0.05, 0.1) is 11.5 Å². The monoisotopic (exact) mass is 403 g/mol. The van der Waals surface area contributed by atoms with Crippen LogP contribution in [-0.4, -0.2) is 37.9 Å². The number of hydrogen-bond acceptors (Lipinski definition) is 4. The molecule has 152 valence electrons. The number of sulfonamides is 1. The van der Waals surface area contributed by atoms with E-state index in [1.54, 1.807) is 25.1 Å². The van der Waals surface area contributed by atoms with E-state index in [4.69, 9.17) is 4.74 Å². The predicted molar refractivity (Wildman–Crippen MR) is 115 cm³/mol. The van der Waals surface area contributed by atoms with Crippen LogP contribution < -0.4 is 0 Å². The topological polar surface area (TPSA) is 63.7 Å². The molecule has 2 aromatic rings. The van der Waals surface area contributed by atoms with Crippen LogP contribution in [0.4, 0.5) is 0 Å². The maximum Gasteiger partial charge on any atom is 0.324 e.